The molecule has 1 spiro atoms. The maximum Gasteiger partial charge on any atom is 0.411 e. The standard InChI is InChI=1S/C76H108N4O14S/c1-11-13-15-17-19-21-23-25-27-29-31-33-35-37-60(82)92-59-43-52-39-40-78-76(54(52)44-58(59)86-9)47-95-72-64-63(70-69(89-48-90-70)50(4)68(64)91-51(5)81)57(46-88-73(76)84)79-56(45-77)55-42-53-41-49(3)67(87-10)71(62(53)65(66(72)79)80(55)74(85)94-75(6,7)8)93-61(83)38-36-34-32-30-28-26-24-22-20-18-16-14-12-2/h41,43-44,55-57,65-66,72,78H,11-40,42,46-48H2,1-10H3/t55-,56-,57-,65+,66?,72+,76+/m0/s1. The number of nitrogens with one attached hydrogen (secondary N) is 1. The molecular weight excluding hydrogens is 1220 g/mol. The van der Waals surface area contributed by atoms with Gasteiger partial charge in [-0.3, -0.25) is 29.5 Å². The Kier molecular flexibility index (Phi) is 26.4. The Labute approximate surface area is 569 Å². The largest absolute Gasteiger partial charge is 0.493 e. The second-order valence-electron chi connectivity index (χ2n) is 28.2. The van der Waals surface area contributed by atoms with Crippen molar-refractivity contribution in [2.45, 2.75) is 295 Å². The fraction of sp³-hybridized carbons (Fsp3) is 0.684. The Morgan fingerprint density at radius 2 is 1.24 bits per heavy atom. The number of methoxy groups -OCH3 is 2. The molecule has 4 bridgehead atoms. The van der Waals surface area contributed by atoms with Crippen LogP contribution in [-0.2, 0) is 47.0 Å². The Balaban J connectivity index is 1.06. The molecule has 522 valence electrons. The zero-order valence-electron chi connectivity index (χ0n) is 58.7. The third-order valence-electron chi connectivity index (χ3n) is 20.1. The molecule has 0 radical (unpaired) electrons. The summed E-state index contributed by atoms with van der Waals surface area (Å²) in [5, 5.41) is 14.6. The highest BCUT2D eigenvalue weighted by Crippen LogP contribution is 2.65. The Morgan fingerprint density at radius 3 is 1.79 bits per heavy atom. The molecule has 7 aliphatic heterocycles. The lowest BCUT2D eigenvalue weighted by molar-refractivity contribution is -0.157. The highest BCUT2D eigenvalue weighted by molar-refractivity contribution is 7.99. The lowest BCUT2D eigenvalue weighted by Crippen LogP contribution is -2.71. The number of amides is 1. The van der Waals surface area contributed by atoms with Crippen LogP contribution in [0, 0.1) is 25.2 Å². The molecule has 1 amide bonds. The molecule has 95 heavy (non-hydrogen) atoms. The number of carbonyl (C=O) groups is 5. The molecule has 3 aromatic carbocycles. The van der Waals surface area contributed by atoms with E-state index in [1.165, 1.54) is 148 Å². The van der Waals surface area contributed by atoms with Crippen LogP contribution in [0.2, 0.25) is 0 Å². The number of piperazine rings is 1. The zero-order chi connectivity index (χ0) is 67.8. The van der Waals surface area contributed by atoms with Crippen molar-refractivity contribution >= 4 is 41.7 Å². The van der Waals surface area contributed by atoms with Crippen LogP contribution in [0.5, 0.6) is 40.2 Å². The van der Waals surface area contributed by atoms with Gasteiger partial charge in [-0.25, -0.2) is 9.59 Å². The van der Waals surface area contributed by atoms with Gasteiger partial charge in [-0.15, -0.1) is 11.8 Å². The number of esters is 4. The summed E-state index contributed by atoms with van der Waals surface area (Å²) in [4.78, 5) is 76.7. The number of aryl methyl sites for hydroxylation is 1. The summed E-state index contributed by atoms with van der Waals surface area (Å²) in [6, 6.07) is 3.31. The van der Waals surface area contributed by atoms with E-state index >= 15 is 9.59 Å². The first-order chi connectivity index (χ1) is 45.9. The van der Waals surface area contributed by atoms with Crippen LogP contribution in [-0.4, -0.2) is 103 Å². The van der Waals surface area contributed by atoms with Crippen LogP contribution in [0.4, 0.5) is 4.79 Å². The summed E-state index contributed by atoms with van der Waals surface area (Å²) in [6.07, 6.45) is 30.9. The van der Waals surface area contributed by atoms with E-state index in [0.717, 1.165) is 49.7 Å². The number of nitrogens with zero attached hydrogens (tertiary/aromatic N) is 3. The van der Waals surface area contributed by atoms with Crippen molar-refractivity contribution in [2.75, 3.05) is 39.9 Å². The zero-order valence-corrected chi connectivity index (χ0v) is 59.5. The second kappa shape index (κ2) is 34.3. The van der Waals surface area contributed by atoms with Gasteiger partial charge in [0.05, 0.1) is 49.7 Å². The first kappa shape index (κ1) is 73.0. The van der Waals surface area contributed by atoms with Gasteiger partial charge in [-0.1, -0.05) is 174 Å². The molecule has 7 heterocycles. The van der Waals surface area contributed by atoms with Gasteiger partial charge >= 0.3 is 30.0 Å². The van der Waals surface area contributed by atoms with Gasteiger partial charge in [0.2, 0.25) is 6.79 Å². The van der Waals surface area contributed by atoms with Crippen LogP contribution >= 0.6 is 11.8 Å². The monoisotopic (exact) mass is 1330 g/mol. The number of thioether (sulfide) groups is 1. The van der Waals surface area contributed by atoms with E-state index in [2.05, 4.69) is 30.1 Å². The van der Waals surface area contributed by atoms with Crippen molar-refractivity contribution in [3.8, 4) is 46.3 Å². The average Bonchev–Trinajstić information content (AvgIpc) is 0.747. The van der Waals surface area contributed by atoms with Gasteiger partial charge in [0.15, 0.2) is 40.0 Å². The highest BCUT2D eigenvalue weighted by atomic mass is 32.2. The number of benzene rings is 3. The van der Waals surface area contributed by atoms with Gasteiger partial charge in [-0.05, 0) is 94.7 Å². The van der Waals surface area contributed by atoms with Crippen molar-refractivity contribution in [2.24, 2.45) is 0 Å². The molecule has 7 atom stereocenters. The average molecular weight is 1330 g/mol. The fourth-order valence-corrected chi connectivity index (χ4v) is 17.2. The molecule has 19 heteroatoms. The van der Waals surface area contributed by atoms with E-state index in [-0.39, 0.29) is 67.4 Å². The van der Waals surface area contributed by atoms with Crippen molar-refractivity contribution < 1.29 is 66.6 Å². The molecule has 0 aromatic heterocycles. The van der Waals surface area contributed by atoms with Crippen molar-refractivity contribution in [1.29, 1.82) is 5.26 Å². The summed E-state index contributed by atoms with van der Waals surface area (Å²) in [5.41, 5.74) is 2.32. The van der Waals surface area contributed by atoms with E-state index < -0.39 is 70.6 Å². The van der Waals surface area contributed by atoms with Crippen LogP contribution in [0.3, 0.4) is 0 Å². The minimum absolute atomic E-state index is 0.0167. The lowest BCUT2D eigenvalue weighted by atomic mass is 9.71. The Bertz CT molecular complexity index is 3210. The number of carbonyl (C=O) groups excluding carboxylic acids is 5. The molecule has 2 saturated heterocycles. The molecule has 1 unspecified atom stereocenters. The summed E-state index contributed by atoms with van der Waals surface area (Å²) < 4.78 is 57.2. The number of nitriles is 1. The van der Waals surface area contributed by atoms with Crippen molar-refractivity contribution in [3.05, 3.63) is 62.7 Å². The van der Waals surface area contributed by atoms with Crippen LogP contribution in [0.15, 0.2) is 18.2 Å². The fourth-order valence-electron chi connectivity index (χ4n) is 15.5. The minimum Gasteiger partial charge on any atom is -0.493 e. The molecule has 0 saturated carbocycles. The van der Waals surface area contributed by atoms with E-state index in [0.29, 0.717) is 76.4 Å². The van der Waals surface area contributed by atoms with Crippen molar-refractivity contribution in [1.82, 2.24) is 15.1 Å². The quantitative estimate of drug-likeness (QED) is 0.0341. The predicted molar refractivity (Wildman–Crippen MR) is 367 cm³/mol. The van der Waals surface area contributed by atoms with Gasteiger partial charge in [0, 0.05) is 54.3 Å². The number of unbranched alkanes of at least 4 members (excludes halogenated alkanes) is 24. The molecule has 0 aliphatic carbocycles. The third kappa shape index (κ3) is 17.0. The van der Waals surface area contributed by atoms with Gasteiger partial charge < -0.3 is 42.6 Å². The lowest BCUT2D eigenvalue weighted by Gasteiger charge is -2.62. The highest BCUT2D eigenvalue weighted by Gasteiger charge is 2.64. The smallest absolute Gasteiger partial charge is 0.411 e. The predicted octanol–water partition coefficient (Wildman–Crippen LogP) is 16.7. The Morgan fingerprint density at radius 1 is 0.674 bits per heavy atom. The number of hydrogen-bond acceptors (Lipinski definition) is 18. The van der Waals surface area contributed by atoms with E-state index in [1.54, 1.807) is 44.7 Å². The van der Waals surface area contributed by atoms with E-state index in [9.17, 15) is 19.6 Å². The molecule has 3 aromatic rings. The van der Waals surface area contributed by atoms with Crippen molar-refractivity contribution in [3.63, 3.8) is 0 Å². The molecule has 2 fully saturated rings. The van der Waals surface area contributed by atoms with E-state index in [4.69, 9.17) is 42.6 Å². The van der Waals surface area contributed by atoms with Gasteiger partial charge in [-0.2, -0.15) is 5.26 Å². The minimum atomic E-state index is -1.56. The number of ether oxygens (including phenoxy) is 9. The number of rotatable bonds is 33. The number of hydrogen-bond donors (Lipinski definition) is 1. The normalized spacial score (nSPS) is 21.6. The summed E-state index contributed by atoms with van der Waals surface area (Å²) >= 11 is 1.38. The molecule has 18 nitrogen and oxygen atoms in total. The maximum atomic E-state index is 15.7. The summed E-state index contributed by atoms with van der Waals surface area (Å²) in [6.45, 7) is 14.8. The number of fused-ring (bicyclic) bond motifs is 9. The first-order valence-corrected chi connectivity index (χ1v) is 37.2. The van der Waals surface area contributed by atoms with Gasteiger partial charge in [0.25, 0.3) is 0 Å². The second-order valence-corrected chi connectivity index (χ2v) is 29.3. The molecular formula is C76H108N4O14S. The third-order valence-corrected chi connectivity index (χ3v) is 21.6. The SMILES string of the molecule is CCCCCCCCCCCCCCCC(=O)Oc1cc2c(cc1OC)[C@@]1(CS[C@@H]3c4c(OC(C)=O)c(C)c5c(c4[C@H](COC1=O)N1C3[C@H]3c4c(cc(C)c(OC)c4OC(=O)CCCCCCCCCCCCCCC)C[C@@H]([C@@H]1C#N)N3C(=O)OC(C)(C)C)OCO5)NCC2. The summed E-state index contributed by atoms with van der Waals surface area (Å²) in [5.74, 6) is -0.0518. The summed E-state index contributed by atoms with van der Waals surface area (Å²) in [7, 11) is 3.04. The maximum absolute atomic E-state index is 15.7. The van der Waals surface area contributed by atoms with Crippen LogP contribution in [0.25, 0.3) is 0 Å². The van der Waals surface area contributed by atoms with Gasteiger partial charge in [0.1, 0.15) is 24.0 Å². The molecule has 7 aliphatic rings. The van der Waals surface area contributed by atoms with Crippen LogP contribution in [0.1, 0.15) is 283 Å². The Hall–Kier alpha value is -6.23. The van der Waals surface area contributed by atoms with E-state index in [1.807, 2.05) is 13.0 Å². The molecule has 1 N–H and O–H groups in total. The topological polar surface area (TPSA) is 211 Å². The van der Waals surface area contributed by atoms with Crippen LogP contribution < -0.4 is 38.5 Å². The first-order valence-electron chi connectivity index (χ1n) is 36.1. The molecule has 10 rings (SSSR count).